The Bertz CT molecular complexity index is 599. The highest BCUT2D eigenvalue weighted by Gasteiger charge is 2.08. The van der Waals surface area contributed by atoms with Crippen LogP contribution < -0.4 is 5.32 Å². The summed E-state index contributed by atoms with van der Waals surface area (Å²) < 4.78 is 0. The Hall–Kier alpha value is -2.76. The molecule has 0 saturated heterocycles. The van der Waals surface area contributed by atoms with Gasteiger partial charge in [0.1, 0.15) is 5.69 Å². The Labute approximate surface area is 109 Å². The van der Waals surface area contributed by atoms with Crippen molar-refractivity contribution in [2.45, 2.75) is 6.54 Å². The molecular formula is C13H11N3O3. The van der Waals surface area contributed by atoms with E-state index in [1.807, 2.05) is 0 Å². The van der Waals surface area contributed by atoms with Gasteiger partial charge in [-0.05, 0) is 17.7 Å². The van der Waals surface area contributed by atoms with Crippen LogP contribution in [0.2, 0.25) is 0 Å². The van der Waals surface area contributed by atoms with Gasteiger partial charge in [0.05, 0.1) is 4.92 Å². The van der Waals surface area contributed by atoms with Crippen molar-refractivity contribution in [3.63, 3.8) is 0 Å². The maximum atomic E-state index is 11.7. The third kappa shape index (κ3) is 3.35. The van der Waals surface area contributed by atoms with Crippen molar-refractivity contribution in [2.75, 3.05) is 0 Å². The zero-order chi connectivity index (χ0) is 13.7. The number of amides is 1. The van der Waals surface area contributed by atoms with Crippen molar-refractivity contribution in [3.05, 3.63) is 70.0 Å². The van der Waals surface area contributed by atoms with E-state index in [2.05, 4.69) is 10.3 Å². The third-order valence-electron chi connectivity index (χ3n) is 2.47. The number of benzene rings is 1. The largest absolute Gasteiger partial charge is 0.347 e. The van der Waals surface area contributed by atoms with Gasteiger partial charge in [-0.1, -0.05) is 18.2 Å². The molecule has 0 aliphatic rings. The first-order chi connectivity index (χ1) is 9.16. The van der Waals surface area contributed by atoms with Gasteiger partial charge in [0, 0.05) is 24.9 Å². The highest BCUT2D eigenvalue weighted by Crippen LogP contribution is 2.12. The minimum Gasteiger partial charge on any atom is -0.347 e. The van der Waals surface area contributed by atoms with Crippen molar-refractivity contribution in [1.29, 1.82) is 0 Å². The summed E-state index contributed by atoms with van der Waals surface area (Å²) in [6.45, 7) is 0.219. The number of aromatic nitrogens is 1. The Kier molecular flexibility index (Phi) is 3.82. The van der Waals surface area contributed by atoms with E-state index in [4.69, 9.17) is 0 Å². The number of nitrogens with zero attached hydrogens (tertiary/aromatic N) is 2. The summed E-state index contributed by atoms with van der Waals surface area (Å²) >= 11 is 0. The number of carbonyl (C=O) groups is 1. The fourth-order valence-electron chi connectivity index (χ4n) is 1.55. The van der Waals surface area contributed by atoms with Gasteiger partial charge < -0.3 is 5.32 Å². The number of nitro groups is 1. The first-order valence-electron chi connectivity index (χ1n) is 5.59. The number of nitro benzene ring substituents is 1. The monoisotopic (exact) mass is 257 g/mol. The molecule has 0 unspecified atom stereocenters. The number of hydrogen-bond donors (Lipinski definition) is 1. The number of rotatable bonds is 4. The fraction of sp³-hybridized carbons (Fsp3) is 0.0769. The minimum atomic E-state index is -0.468. The van der Waals surface area contributed by atoms with Gasteiger partial charge in [-0.25, -0.2) is 0 Å². The number of pyridine rings is 1. The quantitative estimate of drug-likeness (QED) is 0.669. The zero-order valence-corrected chi connectivity index (χ0v) is 9.95. The Balaban J connectivity index is 2.01. The number of nitrogens with one attached hydrogen (secondary N) is 1. The molecule has 0 saturated carbocycles. The molecule has 1 aromatic heterocycles. The molecule has 6 heteroatoms. The van der Waals surface area contributed by atoms with Crippen LogP contribution in [0, 0.1) is 10.1 Å². The molecule has 19 heavy (non-hydrogen) atoms. The van der Waals surface area contributed by atoms with Crippen LogP contribution in [0.25, 0.3) is 0 Å². The standard InChI is InChI=1S/C13H11N3O3/c17-13(12-6-1-2-7-14-12)15-9-10-4-3-5-11(8-10)16(18)19/h1-8H,9H2,(H,15,17). The van der Waals surface area contributed by atoms with Crippen LogP contribution in [0.1, 0.15) is 16.1 Å². The molecule has 0 bridgehead atoms. The van der Waals surface area contributed by atoms with E-state index < -0.39 is 4.92 Å². The molecule has 0 radical (unpaired) electrons. The van der Waals surface area contributed by atoms with Crippen molar-refractivity contribution in [3.8, 4) is 0 Å². The highest BCUT2D eigenvalue weighted by molar-refractivity contribution is 5.92. The Morgan fingerprint density at radius 3 is 2.79 bits per heavy atom. The first kappa shape index (κ1) is 12.7. The smallest absolute Gasteiger partial charge is 0.270 e. The van der Waals surface area contributed by atoms with Crippen molar-refractivity contribution in [2.24, 2.45) is 0 Å². The normalized spacial score (nSPS) is 9.89. The van der Waals surface area contributed by atoms with E-state index in [0.29, 0.717) is 11.3 Å². The molecule has 1 aromatic carbocycles. The molecule has 1 heterocycles. The van der Waals surface area contributed by atoms with Gasteiger partial charge in [0.15, 0.2) is 0 Å². The Morgan fingerprint density at radius 2 is 2.11 bits per heavy atom. The van der Waals surface area contributed by atoms with Crippen molar-refractivity contribution in [1.82, 2.24) is 10.3 Å². The number of carbonyl (C=O) groups excluding carboxylic acids is 1. The third-order valence-corrected chi connectivity index (χ3v) is 2.47. The molecule has 0 spiro atoms. The molecule has 6 nitrogen and oxygen atoms in total. The highest BCUT2D eigenvalue weighted by atomic mass is 16.6. The molecule has 2 aromatic rings. The summed E-state index contributed by atoms with van der Waals surface area (Å²) in [4.78, 5) is 25.8. The topological polar surface area (TPSA) is 85.1 Å². The lowest BCUT2D eigenvalue weighted by Crippen LogP contribution is -2.23. The lowest BCUT2D eigenvalue weighted by Gasteiger charge is -2.04. The molecule has 0 fully saturated rings. The second-order valence-corrected chi connectivity index (χ2v) is 3.82. The van der Waals surface area contributed by atoms with Gasteiger partial charge in [0.2, 0.25) is 0 Å². The molecule has 1 amide bonds. The average molecular weight is 257 g/mol. The molecule has 96 valence electrons. The van der Waals surface area contributed by atoms with Crippen LogP contribution in [0.3, 0.4) is 0 Å². The molecule has 0 atom stereocenters. The van der Waals surface area contributed by atoms with Crippen LogP contribution in [-0.2, 0) is 6.54 Å². The van der Waals surface area contributed by atoms with E-state index in [-0.39, 0.29) is 18.1 Å². The van der Waals surface area contributed by atoms with Gasteiger partial charge in [-0.3, -0.25) is 19.9 Å². The van der Waals surface area contributed by atoms with Gasteiger partial charge in [-0.15, -0.1) is 0 Å². The predicted octanol–water partition coefficient (Wildman–Crippen LogP) is 1.92. The summed E-state index contributed by atoms with van der Waals surface area (Å²) in [6.07, 6.45) is 1.53. The maximum Gasteiger partial charge on any atom is 0.270 e. The van der Waals surface area contributed by atoms with Crippen LogP contribution in [0.5, 0.6) is 0 Å². The lowest BCUT2D eigenvalue weighted by atomic mass is 10.2. The van der Waals surface area contributed by atoms with Crippen molar-refractivity contribution >= 4 is 11.6 Å². The van der Waals surface area contributed by atoms with Gasteiger partial charge in [0.25, 0.3) is 11.6 Å². The second-order valence-electron chi connectivity index (χ2n) is 3.82. The molecule has 0 aliphatic heterocycles. The molecular weight excluding hydrogens is 246 g/mol. The second kappa shape index (κ2) is 5.72. The minimum absolute atomic E-state index is 0.00425. The zero-order valence-electron chi connectivity index (χ0n) is 9.95. The summed E-state index contributed by atoms with van der Waals surface area (Å²) in [5.74, 6) is -0.313. The summed E-state index contributed by atoms with van der Waals surface area (Å²) in [5.41, 5.74) is 0.982. The number of non-ortho nitro benzene ring substituents is 1. The van der Waals surface area contributed by atoms with Crippen LogP contribution in [-0.4, -0.2) is 15.8 Å². The van der Waals surface area contributed by atoms with E-state index in [0.717, 1.165) is 0 Å². The fourth-order valence-corrected chi connectivity index (χ4v) is 1.55. The molecule has 0 aliphatic carbocycles. The lowest BCUT2D eigenvalue weighted by molar-refractivity contribution is -0.384. The summed E-state index contributed by atoms with van der Waals surface area (Å²) in [6, 6.07) is 11.2. The van der Waals surface area contributed by atoms with E-state index in [1.54, 1.807) is 30.3 Å². The molecule has 1 N–H and O–H groups in total. The van der Waals surface area contributed by atoms with Crippen molar-refractivity contribution < 1.29 is 9.72 Å². The Morgan fingerprint density at radius 1 is 1.26 bits per heavy atom. The SMILES string of the molecule is O=C(NCc1cccc([N+](=O)[O-])c1)c1ccccn1. The van der Waals surface area contributed by atoms with Crippen LogP contribution in [0.15, 0.2) is 48.7 Å². The van der Waals surface area contributed by atoms with E-state index in [1.165, 1.54) is 18.3 Å². The first-order valence-corrected chi connectivity index (χ1v) is 5.59. The van der Waals surface area contributed by atoms with Gasteiger partial charge >= 0.3 is 0 Å². The summed E-state index contributed by atoms with van der Waals surface area (Å²) in [5, 5.41) is 13.3. The van der Waals surface area contributed by atoms with E-state index >= 15 is 0 Å². The number of hydrogen-bond acceptors (Lipinski definition) is 4. The predicted molar refractivity (Wildman–Crippen MR) is 68.5 cm³/mol. The van der Waals surface area contributed by atoms with Crippen LogP contribution >= 0.6 is 0 Å². The maximum absolute atomic E-state index is 11.7. The van der Waals surface area contributed by atoms with E-state index in [9.17, 15) is 14.9 Å². The van der Waals surface area contributed by atoms with Gasteiger partial charge in [-0.2, -0.15) is 0 Å². The average Bonchev–Trinajstić information content (AvgIpc) is 2.46. The summed E-state index contributed by atoms with van der Waals surface area (Å²) in [7, 11) is 0. The molecule has 2 rings (SSSR count). The van der Waals surface area contributed by atoms with Crippen LogP contribution in [0.4, 0.5) is 5.69 Å².